The summed E-state index contributed by atoms with van der Waals surface area (Å²) in [5.74, 6) is -1.43. The number of nitrogens with one attached hydrogen (secondary N) is 1. The van der Waals surface area contributed by atoms with Crippen molar-refractivity contribution < 1.29 is 28.7 Å². The third-order valence-corrected chi connectivity index (χ3v) is 5.56. The molecule has 1 aromatic carbocycles. The summed E-state index contributed by atoms with van der Waals surface area (Å²) in [5.41, 5.74) is 0.179. The maximum absolute atomic E-state index is 12.8. The van der Waals surface area contributed by atoms with Crippen LogP contribution in [0.2, 0.25) is 0 Å². The molecule has 1 saturated carbocycles. The molecule has 0 unspecified atom stereocenters. The van der Waals surface area contributed by atoms with Crippen LogP contribution in [-0.2, 0) is 25.7 Å². The van der Waals surface area contributed by atoms with Crippen molar-refractivity contribution in [1.82, 2.24) is 10.2 Å². The van der Waals surface area contributed by atoms with Gasteiger partial charge in [0.1, 0.15) is 18.7 Å². The van der Waals surface area contributed by atoms with Gasteiger partial charge >= 0.3 is 18.0 Å². The molecule has 1 N–H and O–H groups in total. The summed E-state index contributed by atoms with van der Waals surface area (Å²) in [6, 6.07) is 5.89. The largest absolute Gasteiger partial charge is 0.465 e. The molecule has 2 aliphatic rings. The summed E-state index contributed by atoms with van der Waals surface area (Å²) in [6.07, 6.45) is 3.36. The zero-order chi connectivity index (χ0) is 20.3. The molecule has 2 atom stereocenters. The smallest absolute Gasteiger partial charge is 0.337 e. The first-order valence-corrected chi connectivity index (χ1v) is 9.34. The minimum atomic E-state index is -0.890. The number of rotatable bonds is 5. The molecule has 0 aromatic heterocycles. The third kappa shape index (κ3) is 3.72. The van der Waals surface area contributed by atoms with Gasteiger partial charge in [0.05, 0.1) is 12.7 Å². The Morgan fingerprint density at radius 3 is 2.57 bits per heavy atom. The second kappa shape index (κ2) is 8.00. The molecular formula is C20H24N2O6. The number of urea groups is 1. The number of benzene rings is 1. The molecular weight excluding hydrogens is 364 g/mol. The van der Waals surface area contributed by atoms with Gasteiger partial charge in [-0.2, -0.15) is 0 Å². The SMILES string of the molecule is COC(=O)c1ccc(COC(=O)CN2C(=O)N[C@@]3(CCCC[C@@H]3C)C2=O)cc1. The van der Waals surface area contributed by atoms with Crippen molar-refractivity contribution in [2.45, 2.75) is 44.8 Å². The van der Waals surface area contributed by atoms with Gasteiger partial charge in [0, 0.05) is 0 Å². The highest BCUT2D eigenvalue weighted by molar-refractivity contribution is 6.09. The molecule has 0 radical (unpaired) electrons. The van der Waals surface area contributed by atoms with Crippen molar-refractivity contribution in [3.63, 3.8) is 0 Å². The highest BCUT2D eigenvalue weighted by Gasteiger charge is 2.55. The van der Waals surface area contributed by atoms with Crippen LogP contribution in [0.15, 0.2) is 24.3 Å². The number of methoxy groups -OCH3 is 1. The monoisotopic (exact) mass is 388 g/mol. The molecule has 1 saturated heterocycles. The van der Waals surface area contributed by atoms with E-state index < -0.39 is 30.1 Å². The number of esters is 2. The molecule has 1 heterocycles. The topological polar surface area (TPSA) is 102 Å². The van der Waals surface area contributed by atoms with Crippen LogP contribution in [0, 0.1) is 5.92 Å². The number of imide groups is 1. The highest BCUT2D eigenvalue weighted by atomic mass is 16.5. The lowest BCUT2D eigenvalue weighted by Gasteiger charge is -2.36. The van der Waals surface area contributed by atoms with Crippen molar-refractivity contribution >= 4 is 23.9 Å². The number of hydrogen-bond acceptors (Lipinski definition) is 6. The van der Waals surface area contributed by atoms with E-state index in [0.717, 1.165) is 24.2 Å². The lowest BCUT2D eigenvalue weighted by molar-refractivity contribution is -0.149. The van der Waals surface area contributed by atoms with E-state index in [1.165, 1.54) is 7.11 Å². The fourth-order valence-electron chi connectivity index (χ4n) is 3.83. The Hall–Kier alpha value is -2.90. The number of amides is 3. The Morgan fingerprint density at radius 2 is 1.93 bits per heavy atom. The van der Waals surface area contributed by atoms with Crippen molar-refractivity contribution in [2.24, 2.45) is 5.92 Å². The van der Waals surface area contributed by atoms with E-state index in [4.69, 9.17) is 4.74 Å². The molecule has 8 heteroatoms. The van der Waals surface area contributed by atoms with Crippen molar-refractivity contribution in [3.05, 3.63) is 35.4 Å². The first kappa shape index (κ1) is 19.9. The first-order chi connectivity index (χ1) is 13.4. The van der Waals surface area contributed by atoms with Gasteiger partial charge in [-0.1, -0.05) is 31.9 Å². The van der Waals surface area contributed by atoms with Gasteiger partial charge in [0.15, 0.2) is 0 Å². The second-order valence-corrected chi connectivity index (χ2v) is 7.29. The normalized spacial score (nSPS) is 24.2. The maximum Gasteiger partial charge on any atom is 0.337 e. The molecule has 3 amide bonds. The van der Waals surface area contributed by atoms with E-state index in [-0.39, 0.29) is 18.4 Å². The minimum Gasteiger partial charge on any atom is -0.465 e. The summed E-state index contributed by atoms with van der Waals surface area (Å²) in [7, 11) is 1.30. The first-order valence-electron chi connectivity index (χ1n) is 9.34. The molecule has 150 valence electrons. The van der Waals surface area contributed by atoms with Crippen molar-refractivity contribution in [2.75, 3.05) is 13.7 Å². The highest BCUT2D eigenvalue weighted by Crippen LogP contribution is 2.38. The molecule has 2 fully saturated rings. The Morgan fingerprint density at radius 1 is 1.21 bits per heavy atom. The molecule has 1 aliphatic carbocycles. The van der Waals surface area contributed by atoms with Gasteiger partial charge in [-0.15, -0.1) is 0 Å². The summed E-state index contributed by atoms with van der Waals surface area (Å²) < 4.78 is 9.81. The number of ether oxygens (including phenoxy) is 2. The fourth-order valence-corrected chi connectivity index (χ4v) is 3.83. The third-order valence-electron chi connectivity index (χ3n) is 5.56. The van der Waals surface area contributed by atoms with Crippen LogP contribution in [0.25, 0.3) is 0 Å². The van der Waals surface area contributed by atoms with Crippen LogP contribution in [0.3, 0.4) is 0 Å². The van der Waals surface area contributed by atoms with Crippen molar-refractivity contribution in [3.8, 4) is 0 Å². The lowest BCUT2D eigenvalue weighted by Crippen LogP contribution is -2.54. The van der Waals surface area contributed by atoms with Crippen LogP contribution in [0.1, 0.15) is 48.5 Å². The second-order valence-electron chi connectivity index (χ2n) is 7.29. The summed E-state index contributed by atoms with van der Waals surface area (Å²) in [4.78, 5) is 49.6. The predicted molar refractivity (Wildman–Crippen MR) is 98.2 cm³/mol. The molecule has 1 aliphatic heterocycles. The minimum absolute atomic E-state index is 0.0223. The zero-order valence-corrected chi connectivity index (χ0v) is 16.0. The number of hydrogen-bond donors (Lipinski definition) is 1. The Labute approximate surface area is 163 Å². The number of nitrogens with zero attached hydrogens (tertiary/aromatic N) is 1. The Bertz CT molecular complexity index is 790. The van der Waals surface area contributed by atoms with Crippen LogP contribution >= 0.6 is 0 Å². The van der Waals surface area contributed by atoms with Crippen LogP contribution in [-0.4, -0.2) is 48.0 Å². The van der Waals surface area contributed by atoms with Crippen molar-refractivity contribution in [1.29, 1.82) is 0 Å². The van der Waals surface area contributed by atoms with Gasteiger partial charge in [-0.25, -0.2) is 9.59 Å². The molecule has 1 spiro atoms. The molecule has 0 bridgehead atoms. The van der Waals surface area contributed by atoms with Crippen LogP contribution in [0.4, 0.5) is 4.79 Å². The maximum atomic E-state index is 12.8. The number of carbonyl (C=O) groups is 4. The zero-order valence-electron chi connectivity index (χ0n) is 16.0. The van der Waals surface area contributed by atoms with Gasteiger partial charge in [-0.05, 0) is 36.5 Å². The fraction of sp³-hybridized carbons (Fsp3) is 0.500. The lowest BCUT2D eigenvalue weighted by atomic mass is 9.73. The standard InChI is InChI=1S/C20H24N2O6/c1-13-5-3-4-10-20(13)18(25)22(19(26)21-20)11-16(23)28-12-14-6-8-15(9-7-14)17(24)27-2/h6-9,13H,3-5,10-12H2,1-2H3,(H,21,26)/t13-,20+/m0/s1. The van der Waals surface area contributed by atoms with E-state index in [1.54, 1.807) is 24.3 Å². The number of carbonyl (C=O) groups excluding carboxylic acids is 4. The molecule has 8 nitrogen and oxygen atoms in total. The Balaban J connectivity index is 1.57. The molecule has 1 aromatic rings. The van der Waals surface area contributed by atoms with E-state index in [9.17, 15) is 19.2 Å². The van der Waals surface area contributed by atoms with E-state index in [1.807, 2.05) is 6.92 Å². The van der Waals surface area contributed by atoms with Gasteiger partial charge in [-0.3, -0.25) is 14.5 Å². The Kier molecular flexibility index (Phi) is 5.67. The predicted octanol–water partition coefficient (Wildman–Crippen LogP) is 2.02. The molecule has 3 rings (SSSR count). The summed E-state index contributed by atoms with van der Waals surface area (Å²) in [5, 5.41) is 2.81. The quantitative estimate of drug-likeness (QED) is 0.612. The van der Waals surface area contributed by atoms with Gasteiger partial charge < -0.3 is 14.8 Å². The summed E-state index contributed by atoms with van der Waals surface area (Å²) >= 11 is 0. The van der Waals surface area contributed by atoms with E-state index in [0.29, 0.717) is 17.5 Å². The van der Waals surface area contributed by atoms with Crippen LogP contribution < -0.4 is 5.32 Å². The van der Waals surface area contributed by atoms with E-state index >= 15 is 0 Å². The van der Waals surface area contributed by atoms with Gasteiger partial charge in [0.2, 0.25) is 0 Å². The van der Waals surface area contributed by atoms with Crippen LogP contribution in [0.5, 0.6) is 0 Å². The van der Waals surface area contributed by atoms with E-state index in [2.05, 4.69) is 10.1 Å². The average molecular weight is 388 g/mol. The average Bonchev–Trinajstić information content (AvgIpc) is 2.93. The van der Waals surface area contributed by atoms with Gasteiger partial charge in [0.25, 0.3) is 5.91 Å². The summed E-state index contributed by atoms with van der Waals surface area (Å²) in [6.45, 7) is 1.52. The molecule has 28 heavy (non-hydrogen) atoms.